The molecule has 2 atom stereocenters. The summed E-state index contributed by atoms with van der Waals surface area (Å²) in [4.78, 5) is 22.0. The molecular weight excluding hydrogens is 261 g/mol. The average molecular weight is 272 g/mol. The second kappa shape index (κ2) is 4.99. The summed E-state index contributed by atoms with van der Waals surface area (Å²) in [5.41, 5.74) is -0.320. The van der Waals surface area contributed by atoms with E-state index in [0.29, 0.717) is 12.0 Å². The van der Waals surface area contributed by atoms with E-state index in [0.717, 1.165) is 12.1 Å². The molecule has 1 amide bonds. The number of carbonyl (C=O) groups is 1. The van der Waals surface area contributed by atoms with Gasteiger partial charge in [-0.3, -0.25) is 4.79 Å². The number of hydrogen-bond acceptors (Lipinski definition) is 3. The molecule has 1 saturated heterocycles. The van der Waals surface area contributed by atoms with E-state index >= 15 is 0 Å². The third-order valence-corrected chi connectivity index (χ3v) is 3.10. The second-order valence-corrected chi connectivity index (χ2v) is 4.38. The predicted molar refractivity (Wildman–Crippen MR) is 61.1 cm³/mol. The van der Waals surface area contributed by atoms with Gasteiger partial charge in [0, 0.05) is 6.42 Å². The fourth-order valence-corrected chi connectivity index (χ4v) is 2.09. The van der Waals surface area contributed by atoms with Crippen LogP contribution in [0.15, 0.2) is 29.4 Å². The predicted octanol–water partition coefficient (Wildman–Crippen LogP) is 2.79. The number of benzene rings is 1. The van der Waals surface area contributed by atoms with Crippen molar-refractivity contribution in [1.29, 1.82) is 0 Å². The Labute approximate surface area is 107 Å². The van der Waals surface area contributed by atoms with E-state index in [-0.39, 0.29) is 12.3 Å². The van der Waals surface area contributed by atoms with Gasteiger partial charge in [0.05, 0.1) is 11.6 Å². The second-order valence-electron chi connectivity index (χ2n) is 4.38. The summed E-state index contributed by atoms with van der Waals surface area (Å²) in [6, 6.07) is 3.08. The maximum Gasteiger partial charge on any atom is 0.416 e. The van der Waals surface area contributed by atoms with Crippen molar-refractivity contribution in [1.82, 2.24) is 5.32 Å². The number of nitrogens with one attached hydrogen (secondary N) is 1. The SMILES string of the molecule is O=NC1CCC(=O)NC1c1ccc(C(F)(F)F)cc1. The van der Waals surface area contributed by atoms with Crippen LogP contribution in [0.3, 0.4) is 0 Å². The first-order valence-corrected chi connectivity index (χ1v) is 5.71. The van der Waals surface area contributed by atoms with Crippen LogP contribution in [0.4, 0.5) is 13.2 Å². The molecule has 2 rings (SSSR count). The molecule has 1 heterocycles. The number of nitroso groups, excluding NO2 is 1. The van der Waals surface area contributed by atoms with Gasteiger partial charge in [0.1, 0.15) is 6.04 Å². The standard InChI is InChI=1S/C12H11F3N2O2/c13-12(14,15)8-3-1-7(2-4-8)11-9(17-19)5-6-10(18)16-11/h1-4,9,11H,5-6H2,(H,16,18). The highest BCUT2D eigenvalue weighted by atomic mass is 19.4. The third kappa shape index (κ3) is 2.91. The monoisotopic (exact) mass is 272 g/mol. The highest BCUT2D eigenvalue weighted by Crippen LogP contribution is 2.32. The summed E-state index contributed by atoms with van der Waals surface area (Å²) in [6.07, 6.45) is -3.90. The van der Waals surface area contributed by atoms with Crippen LogP contribution in [0.2, 0.25) is 0 Å². The Kier molecular flexibility index (Phi) is 3.55. The Hall–Kier alpha value is -1.92. The number of halogens is 3. The van der Waals surface area contributed by atoms with E-state index in [2.05, 4.69) is 10.5 Å². The molecule has 0 radical (unpaired) electrons. The van der Waals surface area contributed by atoms with Crippen LogP contribution in [0.1, 0.15) is 30.0 Å². The molecule has 102 valence electrons. The zero-order chi connectivity index (χ0) is 14.0. The van der Waals surface area contributed by atoms with Crippen LogP contribution in [0.5, 0.6) is 0 Å². The van der Waals surface area contributed by atoms with Gasteiger partial charge in [-0.25, -0.2) is 0 Å². The maximum atomic E-state index is 12.4. The number of carbonyl (C=O) groups excluding carboxylic acids is 1. The molecule has 1 aliphatic rings. The third-order valence-electron chi connectivity index (χ3n) is 3.10. The Morgan fingerprint density at radius 3 is 2.37 bits per heavy atom. The summed E-state index contributed by atoms with van der Waals surface area (Å²) in [5.74, 6) is -0.232. The van der Waals surface area contributed by atoms with Gasteiger partial charge >= 0.3 is 6.18 Å². The smallest absolute Gasteiger partial charge is 0.347 e. The molecule has 1 aliphatic heterocycles. The van der Waals surface area contributed by atoms with Gasteiger partial charge in [-0.1, -0.05) is 17.3 Å². The first-order chi connectivity index (χ1) is 8.91. The molecule has 0 aliphatic carbocycles. The van der Waals surface area contributed by atoms with Gasteiger partial charge in [0.2, 0.25) is 5.91 Å². The van der Waals surface area contributed by atoms with Gasteiger partial charge < -0.3 is 5.32 Å². The first-order valence-electron chi connectivity index (χ1n) is 5.71. The molecule has 1 aromatic carbocycles. The lowest BCUT2D eigenvalue weighted by Crippen LogP contribution is -2.40. The Bertz CT molecular complexity index is 485. The molecular formula is C12H11F3N2O2. The van der Waals surface area contributed by atoms with Crippen molar-refractivity contribution in [3.8, 4) is 0 Å². The highest BCUT2D eigenvalue weighted by Gasteiger charge is 2.33. The van der Waals surface area contributed by atoms with Gasteiger partial charge in [-0.05, 0) is 24.1 Å². The van der Waals surface area contributed by atoms with Crippen molar-refractivity contribution in [3.05, 3.63) is 40.3 Å². The van der Waals surface area contributed by atoms with Crippen LogP contribution < -0.4 is 5.32 Å². The number of piperidine rings is 1. The Morgan fingerprint density at radius 1 is 1.21 bits per heavy atom. The van der Waals surface area contributed by atoms with E-state index < -0.39 is 23.8 Å². The molecule has 0 spiro atoms. The van der Waals surface area contributed by atoms with Gasteiger partial charge in [-0.15, -0.1) is 0 Å². The van der Waals surface area contributed by atoms with Gasteiger partial charge in [0.15, 0.2) is 0 Å². The van der Waals surface area contributed by atoms with Crippen molar-refractivity contribution < 1.29 is 18.0 Å². The minimum atomic E-state index is -4.41. The molecule has 0 saturated carbocycles. The largest absolute Gasteiger partial charge is 0.416 e. The molecule has 4 nitrogen and oxygen atoms in total. The molecule has 7 heteroatoms. The molecule has 19 heavy (non-hydrogen) atoms. The van der Waals surface area contributed by atoms with Crippen molar-refractivity contribution in [2.75, 3.05) is 0 Å². The topological polar surface area (TPSA) is 58.5 Å². The zero-order valence-electron chi connectivity index (χ0n) is 9.78. The quantitative estimate of drug-likeness (QED) is 0.841. The van der Waals surface area contributed by atoms with E-state index in [1.165, 1.54) is 12.1 Å². The molecule has 2 unspecified atom stereocenters. The number of hydrogen-bond donors (Lipinski definition) is 1. The normalized spacial score (nSPS) is 23.8. The zero-order valence-corrected chi connectivity index (χ0v) is 9.78. The fourth-order valence-electron chi connectivity index (χ4n) is 2.09. The molecule has 1 fully saturated rings. The van der Waals surface area contributed by atoms with Crippen LogP contribution in [-0.2, 0) is 11.0 Å². The fraction of sp³-hybridized carbons (Fsp3) is 0.417. The number of rotatable bonds is 2. The number of nitrogens with zero attached hydrogens (tertiary/aromatic N) is 1. The molecule has 0 bridgehead atoms. The highest BCUT2D eigenvalue weighted by molar-refractivity contribution is 5.77. The minimum Gasteiger partial charge on any atom is -0.347 e. The average Bonchev–Trinajstić information content (AvgIpc) is 2.38. The Morgan fingerprint density at radius 2 is 1.84 bits per heavy atom. The first kappa shape index (κ1) is 13.5. The van der Waals surface area contributed by atoms with Crippen molar-refractivity contribution in [2.45, 2.75) is 31.1 Å². The molecule has 0 aromatic heterocycles. The van der Waals surface area contributed by atoms with Crippen LogP contribution in [0.25, 0.3) is 0 Å². The van der Waals surface area contributed by atoms with E-state index in [1.54, 1.807) is 0 Å². The number of alkyl halides is 3. The summed E-state index contributed by atoms with van der Waals surface area (Å²) in [7, 11) is 0. The summed E-state index contributed by atoms with van der Waals surface area (Å²) >= 11 is 0. The lowest BCUT2D eigenvalue weighted by atomic mass is 9.92. The van der Waals surface area contributed by atoms with Crippen LogP contribution >= 0.6 is 0 Å². The molecule has 1 N–H and O–H groups in total. The Balaban J connectivity index is 2.25. The van der Waals surface area contributed by atoms with Gasteiger partial charge in [0.25, 0.3) is 0 Å². The van der Waals surface area contributed by atoms with Crippen molar-refractivity contribution >= 4 is 5.91 Å². The van der Waals surface area contributed by atoms with E-state index in [1.807, 2.05) is 0 Å². The van der Waals surface area contributed by atoms with E-state index in [4.69, 9.17) is 0 Å². The van der Waals surface area contributed by atoms with Crippen molar-refractivity contribution in [2.24, 2.45) is 5.18 Å². The summed E-state index contributed by atoms with van der Waals surface area (Å²) < 4.78 is 37.3. The maximum absolute atomic E-state index is 12.4. The molecule has 1 aromatic rings. The summed E-state index contributed by atoms with van der Waals surface area (Å²) in [5, 5.41) is 5.50. The summed E-state index contributed by atoms with van der Waals surface area (Å²) in [6.45, 7) is 0. The van der Waals surface area contributed by atoms with Crippen LogP contribution in [0, 0.1) is 4.91 Å². The number of amides is 1. The lowest BCUT2D eigenvalue weighted by Gasteiger charge is -2.28. The van der Waals surface area contributed by atoms with Gasteiger partial charge in [-0.2, -0.15) is 18.1 Å². The van der Waals surface area contributed by atoms with E-state index in [9.17, 15) is 22.9 Å². The minimum absolute atomic E-state index is 0.202. The lowest BCUT2D eigenvalue weighted by molar-refractivity contribution is -0.137. The van der Waals surface area contributed by atoms with Crippen molar-refractivity contribution in [3.63, 3.8) is 0 Å². The van der Waals surface area contributed by atoms with Crippen LogP contribution in [-0.4, -0.2) is 11.9 Å².